The number of nitrogens with one attached hydrogen (secondary N) is 1. The van der Waals surface area contributed by atoms with Crippen LogP contribution in [0, 0.1) is 0 Å². The molecule has 1 aliphatic carbocycles. The normalized spacial score (nSPS) is 15.6. The van der Waals surface area contributed by atoms with Gasteiger partial charge in [-0.1, -0.05) is 25.0 Å². The van der Waals surface area contributed by atoms with Crippen molar-refractivity contribution in [2.45, 2.75) is 45.1 Å². The minimum Gasteiger partial charge on any atom is -0.494 e. The summed E-state index contributed by atoms with van der Waals surface area (Å²) < 4.78 is 5.37. The van der Waals surface area contributed by atoms with Crippen LogP contribution in [0.4, 0.5) is 0 Å². The summed E-state index contributed by atoms with van der Waals surface area (Å²) in [5.41, 5.74) is 1.04. The summed E-state index contributed by atoms with van der Waals surface area (Å²) in [4.78, 5) is 11.8. The molecule has 0 heterocycles. The molecule has 0 radical (unpaired) electrons. The second kappa shape index (κ2) is 6.43. The summed E-state index contributed by atoms with van der Waals surface area (Å²) >= 11 is 0. The van der Waals surface area contributed by atoms with Crippen LogP contribution in [-0.4, -0.2) is 18.6 Å². The van der Waals surface area contributed by atoms with Crippen molar-refractivity contribution in [3.63, 3.8) is 0 Å². The summed E-state index contributed by atoms with van der Waals surface area (Å²) in [6.07, 6.45) is 5.22. The molecule has 3 nitrogen and oxygen atoms in total. The first kappa shape index (κ1) is 12.9. The average Bonchev–Trinajstić information content (AvgIpc) is 2.84. The first-order chi connectivity index (χ1) is 8.78. The van der Waals surface area contributed by atoms with Gasteiger partial charge < -0.3 is 10.1 Å². The molecule has 3 heteroatoms. The number of ether oxygens (including phenoxy) is 1. The maximum Gasteiger partial charge on any atom is 0.224 e. The number of hydrogen-bond donors (Lipinski definition) is 1. The largest absolute Gasteiger partial charge is 0.494 e. The van der Waals surface area contributed by atoms with Gasteiger partial charge in [0.15, 0.2) is 0 Å². The molecule has 0 aliphatic heterocycles. The molecule has 1 fully saturated rings. The van der Waals surface area contributed by atoms with Gasteiger partial charge in [0.25, 0.3) is 0 Å². The van der Waals surface area contributed by atoms with Crippen LogP contribution in [0.1, 0.15) is 38.2 Å². The smallest absolute Gasteiger partial charge is 0.224 e. The van der Waals surface area contributed by atoms with Crippen molar-refractivity contribution in [3.8, 4) is 5.75 Å². The van der Waals surface area contributed by atoms with Gasteiger partial charge in [0.05, 0.1) is 13.0 Å². The van der Waals surface area contributed by atoms with Crippen LogP contribution < -0.4 is 10.1 Å². The Morgan fingerprint density at radius 3 is 2.56 bits per heavy atom. The van der Waals surface area contributed by atoms with E-state index in [1.165, 1.54) is 12.8 Å². The lowest BCUT2D eigenvalue weighted by atomic mass is 10.1. The van der Waals surface area contributed by atoms with Gasteiger partial charge in [0.1, 0.15) is 5.75 Å². The topological polar surface area (TPSA) is 38.3 Å². The highest BCUT2D eigenvalue weighted by molar-refractivity contribution is 5.78. The second-order valence-electron chi connectivity index (χ2n) is 4.80. The van der Waals surface area contributed by atoms with E-state index in [0.717, 1.165) is 24.2 Å². The maximum atomic E-state index is 11.8. The zero-order chi connectivity index (χ0) is 12.8. The fraction of sp³-hybridized carbons (Fsp3) is 0.533. The zero-order valence-electron chi connectivity index (χ0n) is 10.9. The van der Waals surface area contributed by atoms with Crippen molar-refractivity contribution in [3.05, 3.63) is 29.8 Å². The number of carbonyl (C=O) groups excluding carboxylic acids is 1. The Bertz CT molecular complexity index is 380. The number of benzene rings is 1. The van der Waals surface area contributed by atoms with E-state index in [0.29, 0.717) is 19.1 Å². The van der Waals surface area contributed by atoms with Crippen molar-refractivity contribution in [1.82, 2.24) is 5.32 Å². The average molecular weight is 247 g/mol. The number of amides is 1. The van der Waals surface area contributed by atoms with Crippen LogP contribution >= 0.6 is 0 Å². The SMILES string of the molecule is CCOc1ccc(CC(=O)NC2CCCC2)cc1. The molecular weight excluding hydrogens is 226 g/mol. The van der Waals surface area contributed by atoms with Crippen molar-refractivity contribution in [2.75, 3.05) is 6.61 Å². The number of rotatable bonds is 5. The molecule has 1 amide bonds. The molecule has 1 N–H and O–H groups in total. The lowest BCUT2D eigenvalue weighted by Gasteiger charge is -2.12. The first-order valence-corrected chi connectivity index (χ1v) is 6.79. The Morgan fingerprint density at radius 2 is 1.94 bits per heavy atom. The van der Waals surface area contributed by atoms with Crippen molar-refractivity contribution in [2.24, 2.45) is 0 Å². The van der Waals surface area contributed by atoms with E-state index in [2.05, 4.69) is 5.32 Å². The van der Waals surface area contributed by atoms with Gasteiger partial charge in [-0.3, -0.25) is 4.79 Å². The van der Waals surface area contributed by atoms with Gasteiger partial charge >= 0.3 is 0 Å². The Morgan fingerprint density at radius 1 is 1.28 bits per heavy atom. The monoisotopic (exact) mass is 247 g/mol. The van der Waals surface area contributed by atoms with E-state index >= 15 is 0 Å². The first-order valence-electron chi connectivity index (χ1n) is 6.79. The summed E-state index contributed by atoms with van der Waals surface area (Å²) in [7, 11) is 0. The Hall–Kier alpha value is -1.51. The second-order valence-corrected chi connectivity index (χ2v) is 4.80. The van der Waals surface area contributed by atoms with Gasteiger partial charge in [-0.25, -0.2) is 0 Å². The van der Waals surface area contributed by atoms with Crippen LogP contribution in [0.5, 0.6) is 5.75 Å². The molecule has 1 aromatic rings. The third-order valence-corrected chi connectivity index (χ3v) is 3.32. The minimum atomic E-state index is 0.131. The molecule has 0 aromatic heterocycles. The predicted molar refractivity (Wildman–Crippen MR) is 71.7 cm³/mol. The maximum absolute atomic E-state index is 11.8. The fourth-order valence-electron chi connectivity index (χ4n) is 2.40. The highest BCUT2D eigenvalue weighted by Crippen LogP contribution is 2.18. The van der Waals surface area contributed by atoms with E-state index in [4.69, 9.17) is 4.74 Å². The van der Waals surface area contributed by atoms with Crippen LogP contribution in [-0.2, 0) is 11.2 Å². The summed E-state index contributed by atoms with van der Waals surface area (Å²) in [6, 6.07) is 8.15. The zero-order valence-corrected chi connectivity index (χ0v) is 10.9. The molecule has 18 heavy (non-hydrogen) atoms. The predicted octanol–water partition coefficient (Wildman–Crippen LogP) is 2.69. The molecule has 1 aliphatic rings. The van der Waals surface area contributed by atoms with Gasteiger partial charge in [-0.15, -0.1) is 0 Å². The van der Waals surface area contributed by atoms with E-state index in [9.17, 15) is 4.79 Å². The molecule has 0 unspecified atom stereocenters. The van der Waals surface area contributed by atoms with Crippen LogP contribution in [0.25, 0.3) is 0 Å². The molecule has 0 atom stereocenters. The molecule has 1 aromatic carbocycles. The molecule has 2 rings (SSSR count). The quantitative estimate of drug-likeness (QED) is 0.868. The van der Waals surface area contributed by atoms with Crippen molar-refractivity contribution >= 4 is 5.91 Å². The molecule has 98 valence electrons. The van der Waals surface area contributed by atoms with E-state index in [-0.39, 0.29) is 5.91 Å². The number of hydrogen-bond acceptors (Lipinski definition) is 2. The molecular formula is C15H21NO2. The number of carbonyl (C=O) groups is 1. The molecule has 1 saturated carbocycles. The van der Waals surface area contributed by atoms with E-state index < -0.39 is 0 Å². The summed E-state index contributed by atoms with van der Waals surface area (Å²) in [5, 5.41) is 3.10. The Kier molecular flexibility index (Phi) is 4.62. The lowest BCUT2D eigenvalue weighted by molar-refractivity contribution is -0.121. The third-order valence-electron chi connectivity index (χ3n) is 3.32. The van der Waals surface area contributed by atoms with Gasteiger partial charge in [0, 0.05) is 6.04 Å². The Labute approximate surface area is 109 Å². The van der Waals surface area contributed by atoms with Crippen LogP contribution in [0.15, 0.2) is 24.3 Å². The van der Waals surface area contributed by atoms with E-state index in [1.54, 1.807) is 0 Å². The fourth-order valence-corrected chi connectivity index (χ4v) is 2.40. The summed E-state index contributed by atoms with van der Waals surface area (Å²) in [5.74, 6) is 0.989. The lowest BCUT2D eigenvalue weighted by Crippen LogP contribution is -2.33. The summed E-state index contributed by atoms with van der Waals surface area (Å²) in [6.45, 7) is 2.63. The van der Waals surface area contributed by atoms with Gasteiger partial charge in [-0.05, 0) is 37.5 Å². The standard InChI is InChI=1S/C15H21NO2/c1-2-18-14-9-7-12(8-10-14)11-15(17)16-13-5-3-4-6-13/h7-10,13H,2-6,11H2,1H3,(H,16,17). The minimum absolute atomic E-state index is 0.131. The van der Waals surface area contributed by atoms with Gasteiger partial charge in [0.2, 0.25) is 5.91 Å². The van der Waals surface area contributed by atoms with Gasteiger partial charge in [-0.2, -0.15) is 0 Å². The highest BCUT2D eigenvalue weighted by Gasteiger charge is 2.16. The highest BCUT2D eigenvalue weighted by atomic mass is 16.5. The Balaban J connectivity index is 1.82. The van der Waals surface area contributed by atoms with Crippen LogP contribution in [0.3, 0.4) is 0 Å². The van der Waals surface area contributed by atoms with Crippen molar-refractivity contribution < 1.29 is 9.53 Å². The van der Waals surface area contributed by atoms with Crippen molar-refractivity contribution in [1.29, 1.82) is 0 Å². The van der Waals surface area contributed by atoms with Crippen LogP contribution in [0.2, 0.25) is 0 Å². The van der Waals surface area contributed by atoms with E-state index in [1.807, 2.05) is 31.2 Å². The molecule has 0 saturated heterocycles. The molecule has 0 spiro atoms. The molecule has 0 bridgehead atoms. The third kappa shape index (κ3) is 3.76.